The number of nitrogens with zero attached hydrogens (tertiary/aromatic N) is 3. The number of imidazole rings is 1. The number of aromatic nitrogens is 2. The molecule has 2 aromatic heterocycles. The Morgan fingerprint density at radius 1 is 1.43 bits per heavy atom. The largest absolute Gasteiger partial charge is 0.279 e. The van der Waals surface area contributed by atoms with Gasteiger partial charge in [0, 0.05) is 24.7 Å². The minimum absolute atomic E-state index is 0.0677. The number of hydrogen-bond acceptors (Lipinski definition) is 4. The molecule has 2 aromatic rings. The molecule has 0 aliphatic carbocycles. The van der Waals surface area contributed by atoms with Gasteiger partial charge in [0.1, 0.15) is 0 Å². The molecule has 1 aliphatic heterocycles. The monoisotopic (exact) mass is 347 g/mol. The van der Waals surface area contributed by atoms with Gasteiger partial charge in [-0.25, -0.2) is 13.4 Å². The second kappa shape index (κ2) is 5.87. The minimum atomic E-state index is -3.59. The number of fused-ring (bicyclic) bond motifs is 1. The van der Waals surface area contributed by atoms with E-state index in [1.807, 2.05) is 5.38 Å². The third-order valence-corrected chi connectivity index (χ3v) is 7.20. The molecule has 116 valence electrons. The number of halogens is 1. The first kappa shape index (κ1) is 15.3. The quantitative estimate of drug-likeness (QED) is 0.856. The van der Waals surface area contributed by atoms with Crippen molar-refractivity contribution >= 4 is 37.9 Å². The van der Waals surface area contributed by atoms with Gasteiger partial charge in [0.2, 0.25) is 0 Å². The second-order valence-corrected chi connectivity index (χ2v) is 8.46. The first-order chi connectivity index (χ1) is 10.0. The zero-order chi connectivity index (χ0) is 15.0. The highest BCUT2D eigenvalue weighted by Gasteiger charge is 2.32. The van der Waals surface area contributed by atoms with Crippen LogP contribution in [0.2, 0.25) is 5.15 Å². The predicted molar refractivity (Wildman–Crippen MR) is 84.5 cm³/mol. The Kier molecular flexibility index (Phi) is 4.27. The van der Waals surface area contributed by atoms with Crippen molar-refractivity contribution in [2.75, 3.05) is 13.1 Å². The van der Waals surface area contributed by atoms with E-state index in [4.69, 9.17) is 11.6 Å². The summed E-state index contributed by atoms with van der Waals surface area (Å²) in [5.41, 5.74) is 0. The van der Waals surface area contributed by atoms with E-state index < -0.39 is 10.0 Å². The normalized spacial score (nSPS) is 21.7. The summed E-state index contributed by atoms with van der Waals surface area (Å²) in [6, 6.07) is 0. The lowest BCUT2D eigenvalue weighted by molar-refractivity contribution is 0.405. The SMILES string of the molecule is CCC1CCCN(S(=O)(=O)c2c(Cl)nc3sccn23)CC1. The van der Waals surface area contributed by atoms with Crippen LogP contribution in [0.4, 0.5) is 0 Å². The van der Waals surface area contributed by atoms with Gasteiger partial charge in [-0.2, -0.15) is 4.31 Å². The minimum Gasteiger partial charge on any atom is -0.279 e. The van der Waals surface area contributed by atoms with E-state index >= 15 is 0 Å². The predicted octanol–water partition coefficient (Wildman–Crippen LogP) is 3.25. The van der Waals surface area contributed by atoms with Crippen LogP contribution in [0.5, 0.6) is 0 Å². The molecular formula is C13H18ClN3O2S2. The highest BCUT2D eigenvalue weighted by molar-refractivity contribution is 7.89. The molecule has 0 bridgehead atoms. The van der Waals surface area contributed by atoms with Gasteiger partial charge in [-0.05, 0) is 25.2 Å². The van der Waals surface area contributed by atoms with Gasteiger partial charge in [0.25, 0.3) is 10.0 Å². The van der Waals surface area contributed by atoms with Crippen LogP contribution in [0.25, 0.3) is 4.96 Å². The maximum absolute atomic E-state index is 12.9. The van der Waals surface area contributed by atoms with Gasteiger partial charge in [-0.1, -0.05) is 24.9 Å². The van der Waals surface area contributed by atoms with Crippen molar-refractivity contribution in [2.45, 2.75) is 37.6 Å². The van der Waals surface area contributed by atoms with Crippen LogP contribution in [0.15, 0.2) is 16.6 Å². The molecule has 1 unspecified atom stereocenters. The van der Waals surface area contributed by atoms with Gasteiger partial charge in [-0.3, -0.25) is 4.40 Å². The highest BCUT2D eigenvalue weighted by Crippen LogP contribution is 2.30. The van der Waals surface area contributed by atoms with Crippen LogP contribution in [0, 0.1) is 5.92 Å². The fraction of sp³-hybridized carbons (Fsp3) is 0.615. The van der Waals surface area contributed by atoms with Gasteiger partial charge in [0.05, 0.1) is 0 Å². The molecule has 0 amide bonds. The summed E-state index contributed by atoms with van der Waals surface area (Å²) < 4.78 is 29.0. The van der Waals surface area contributed by atoms with Gasteiger partial charge >= 0.3 is 0 Å². The average Bonchev–Trinajstić information content (AvgIpc) is 2.88. The molecule has 0 radical (unpaired) electrons. The van der Waals surface area contributed by atoms with E-state index in [2.05, 4.69) is 11.9 Å². The maximum atomic E-state index is 12.9. The summed E-state index contributed by atoms with van der Waals surface area (Å²) in [4.78, 5) is 4.74. The molecule has 1 atom stereocenters. The van der Waals surface area contributed by atoms with Crippen molar-refractivity contribution in [2.24, 2.45) is 5.92 Å². The Morgan fingerprint density at radius 3 is 3.00 bits per heavy atom. The molecule has 1 aliphatic rings. The van der Waals surface area contributed by atoms with Crippen LogP contribution in [0.1, 0.15) is 32.6 Å². The van der Waals surface area contributed by atoms with Crippen LogP contribution in [-0.4, -0.2) is 35.2 Å². The second-order valence-electron chi connectivity index (χ2n) is 5.37. The molecule has 0 aromatic carbocycles. The average molecular weight is 348 g/mol. The van der Waals surface area contributed by atoms with E-state index in [1.165, 1.54) is 11.3 Å². The Labute approximate surface area is 133 Å². The molecule has 3 rings (SSSR count). The summed E-state index contributed by atoms with van der Waals surface area (Å²) in [5.74, 6) is 0.618. The molecule has 1 saturated heterocycles. The van der Waals surface area contributed by atoms with Crippen molar-refractivity contribution in [3.63, 3.8) is 0 Å². The van der Waals surface area contributed by atoms with Crippen LogP contribution in [-0.2, 0) is 10.0 Å². The molecule has 0 N–H and O–H groups in total. The van der Waals surface area contributed by atoms with Crippen molar-refractivity contribution in [3.8, 4) is 0 Å². The third-order valence-electron chi connectivity index (χ3n) is 4.15. The molecule has 5 nitrogen and oxygen atoms in total. The van der Waals surface area contributed by atoms with Crippen molar-refractivity contribution < 1.29 is 8.42 Å². The first-order valence-electron chi connectivity index (χ1n) is 7.15. The first-order valence-corrected chi connectivity index (χ1v) is 9.85. The molecule has 21 heavy (non-hydrogen) atoms. The Bertz CT molecular complexity index is 738. The van der Waals surface area contributed by atoms with Crippen LogP contribution in [0.3, 0.4) is 0 Å². The summed E-state index contributed by atoms with van der Waals surface area (Å²) in [5, 5.41) is 1.99. The van der Waals surface area contributed by atoms with Crippen LogP contribution < -0.4 is 0 Å². The summed E-state index contributed by atoms with van der Waals surface area (Å²) in [7, 11) is -3.59. The summed E-state index contributed by atoms with van der Waals surface area (Å²) in [6.45, 7) is 3.29. The zero-order valence-electron chi connectivity index (χ0n) is 11.8. The van der Waals surface area contributed by atoms with E-state index in [-0.39, 0.29) is 10.2 Å². The molecule has 0 saturated carbocycles. The van der Waals surface area contributed by atoms with E-state index in [0.717, 1.165) is 25.7 Å². The molecule has 0 spiro atoms. The highest BCUT2D eigenvalue weighted by atomic mass is 35.5. The number of hydrogen-bond donors (Lipinski definition) is 0. The zero-order valence-corrected chi connectivity index (χ0v) is 14.2. The van der Waals surface area contributed by atoms with Gasteiger partial charge < -0.3 is 0 Å². The summed E-state index contributed by atoms with van der Waals surface area (Å²) in [6.07, 6.45) is 5.73. The van der Waals surface area contributed by atoms with E-state index in [0.29, 0.717) is 24.0 Å². The van der Waals surface area contributed by atoms with Crippen LogP contribution >= 0.6 is 22.9 Å². The fourth-order valence-electron chi connectivity index (χ4n) is 2.88. The van der Waals surface area contributed by atoms with E-state index in [1.54, 1.807) is 14.9 Å². The number of thiazole rings is 1. The van der Waals surface area contributed by atoms with Crippen molar-refractivity contribution in [1.82, 2.24) is 13.7 Å². The summed E-state index contributed by atoms with van der Waals surface area (Å²) >= 11 is 7.46. The molecular weight excluding hydrogens is 330 g/mol. The third kappa shape index (κ3) is 2.72. The number of sulfonamides is 1. The Hall–Kier alpha value is -0.630. The van der Waals surface area contributed by atoms with Gasteiger partial charge in [-0.15, -0.1) is 11.3 Å². The Morgan fingerprint density at radius 2 is 2.24 bits per heavy atom. The van der Waals surface area contributed by atoms with Gasteiger partial charge in [0.15, 0.2) is 15.1 Å². The lowest BCUT2D eigenvalue weighted by atomic mass is 9.98. The molecule has 8 heteroatoms. The molecule has 3 heterocycles. The van der Waals surface area contributed by atoms with Crippen molar-refractivity contribution in [3.05, 3.63) is 16.7 Å². The van der Waals surface area contributed by atoms with E-state index in [9.17, 15) is 8.42 Å². The Balaban J connectivity index is 1.96. The fourth-order valence-corrected chi connectivity index (χ4v) is 5.78. The standard InChI is InChI=1S/C13H18ClN3O2S2/c1-2-10-4-3-6-16(7-5-10)21(18,19)12-11(14)15-13-17(12)8-9-20-13/h8-10H,2-7H2,1H3. The van der Waals surface area contributed by atoms with Crippen molar-refractivity contribution in [1.29, 1.82) is 0 Å². The maximum Gasteiger partial charge on any atom is 0.262 e. The lowest BCUT2D eigenvalue weighted by Crippen LogP contribution is -2.33. The lowest BCUT2D eigenvalue weighted by Gasteiger charge is -2.19. The number of rotatable bonds is 3. The molecule has 1 fully saturated rings. The smallest absolute Gasteiger partial charge is 0.262 e. The topological polar surface area (TPSA) is 54.7 Å².